The number of aliphatic hydroxyl groups is 1. The molecule has 1 amide bonds. The molecule has 0 saturated carbocycles. The van der Waals surface area contributed by atoms with E-state index in [0.29, 0.717) is 12.5 Å². The Bertz CT molecular complexity index is 738. The number of thiophene rings is 1. The molecule has 4 N–H and O–H groups in total. The summed E-state index contributed by atoms with van der Waals surface area (Å²) in [6.45, 7) is 8.63. The molecule has 0 spiro atoms. The summed E-state index contributed by atoms with van der Waals surface area (Å²) in [5.41, 5.74) is 5.54. The number of rotatable bonds is 11. The van der Waals surface area contributed by atoms with Crippen LogP contribution in [0.4, 0.5) is 0 Å². The van der Waals surface area contributed by atoms with Gasteiger partial charge in [0.1, 0.15) is 5.75 Å². The Morgan fingerprint density at radius 2 is 1.97 bits per heavy atom. The van der Waals surface area contributed by atoms with Crippen LogP contribution >= 0.6 is 11.3 Å². The Labute approximate surface area is 178 Å². The van der Waals surface area contributed by atoms with Gasteiger partial charge in [-0.15, -0.1) is 11.3 Å². The van der Waals surface area contributed by atoms with E-state index in [1.165, 1.54) is 11.3 Å². The van der Waals surface area contributed by atoms with Crippen LogP contribution < -0.4 is 15.8 Å². The van der Waals surface area contributed by atoms with Gasteiger partial charge < -0.3 is 20.9 Å². The average Bonchev–Trinajstić information content (AvgIpc) is 3.19. The van der Waals surface area contributed by atoms with Gasteiger partial charge >= 0.3 is 0 Å². The lowest BCUT2D eigenvalue weighted by atomic mass is 9.91. The highest BCUT2D eigenvalue weighted by Crippen LogP contribution is 2.29. The summed E-state index contributed by atoms with van der Waals surface area (Å²) in [5, 5.41) is 15.6. The Hall–Kier alpha value is -1.89. The zero-order valence-electron chi connectivity index (χ0n) is 17.9. The number of ether oxygens (including phenoxy) is 1. The van der Waals surface area contributed by atoms with Gasteiger partial charge in [-0.2, -0.15) is 0 Å². The standard InChI is InChI=1S/C23H34N2O3S/c1-5-7-16(2)15-28-18-11-9-17(10-12-18)21(23(3,4)27)25-22(26)19(14-24)20-8-6-13-29-20/h6,8-13,16,19,21,27H,5,7,14-15,24H2,1-4H3,(H,25,26)/t16?,19-,21?/m0/s1. The first-order valence-corrected chi connectivity index (χ1v) is 11.1. The lowest BCUT2D eigenvalue weighted by Crippen LogP contribution is -2.44. The van der Waals surface area contributed by atoms with E-state index in [4.69, 9.17) is 10.5 Å². The van der Waals surface area contributed by atoms with Crippen LogP contribution in [-0.4, -0.2) is 29.8 Å². The molecule has 0 aliphatic carbocycles. The number of nitrogens with two attached hydrogens (primary N) is 1. The number of hydrogen-bond acceptors (Lipinski definition) is 5. The highest BCUT2D eigenvalue weighted by atomic mass is 32.1. The second-order valence-corrected chi connectivity index (χ2v) is 9.15. The van der Waals surface area contributed by atoms with Gasteiger partial charge in [0.25, 0.3) is 0 Å². The molecule has 1 aromatic carbocycles. The van der Waals surface area contributed by atoms with Crippen LogP contribution in [0.15, 0.2) is 41.8 Å². The third-order valence-corrected chi connectivity index (χ3v) is 5.95. The molecule has 3 atom stereocenters. The Morgan fingerprint density at radius 3 is 2.48 bits per heavy atom. The maximum atomic E-state index is 12.9. The quantitative estimate of drug-likeness (QED) is 0.510. The van der Waals surface area contributed by atoms with E-state index in [9.17, 15) is 9.90 Å². The van der Waals surface area contributed by atoms with Crippen LogP contribution in [-0.2, 0) is 4.79 Å². The molecule has 0 aliphatic heterocycles. The molecule has 1 heterocycles. The fraction of sp³-hybridized carbons (Fsp3) is 0.522. The number of nitrogens with one attached hydrogen (secondary N) is 1. The van der Waals surface area contributed by atoms with Crippen LogP contribution in [0, 0.1) is 5.92 Å². The normalized spacial score (nSPS) is 14.8. The van der Waals surface area contributed by atoms with Gasteiger partial charge in [0.2, 0.25) is 5.91 Å². The van der Waals surface area contributed by atoms with E-state index in [-0.39, 0.29) is 12.5 Å². The molecule has 0 saturated heterocycles. The lowest BCUT2D eigenvalue weighted by Gasteiger charge is -2.32. The summed E-state index contributed by atoms with van der Waals surface area (Å²) in [6.07, 6.45) is 2.28. The largest absolute Gasteiger partial charge is 0.493 e. The second-order valence-electron chi connectivity index (χ2n) is 8.17. The average molecular weight is 419 g/mol. The Morgan fingerprint density at radius 1 is 1.28 bits per heavy atom. The summed E-state index contributed by atoms with van der Waals surface area (Å²) >= 11 is 1.51. The van der Waals surface area contributed by atoms with E-state index in [2.05, 4.69) is 19.2 Å². The molecule has 6 heteroatoms. The van der Waals surface area contributed by atoms with Gasteiger partial charge in [0.05, 0.1) is 24.2 Å². The van der Waals surface area contributed by atoms with Crippen molar-refractivity contribution in [3.8, 4) is 5.75 Å². The number of carbonyl (C=O) groups is 1. The molecule has 2 aromatic rings. The maximum Gasteiger partial charge on any atom is 0.230 e. The van der Waals surface area contributed by atoms with Gasteiger partial charge in [0.15, 0.2) is 0 Å². The van der Waals surface area contributed by atoms with Crippen LogP contribution in [0.1, 0.15) is 62.9 Å². The van der Waals surface area contributed by atoms with Crippen molar-refractivity contribution >= 4 is 17.2 Å². The lowest BCUT2D eigenvalue weighted by molar-refractivity contribution is -0.125. The van der Waals surface area contributed by atoms with Crippen molar-refractivity contribution in [2.24, 2.45) is 11.7 Å². The van der Waals surface area contributed by atoms with Crippen molar-refractivity contribution in [2.75, 3.05) is 13.2 Å². The molecule has 0 aliphatic rings. The summed E-state index contributed by atoms with van der Waals surface area (Å²) in [4.78, 5) is 13.8. The van der Waals surface area contributed by atoms with Crippen LogP contribution in [0.25, 0.3) is 0 Å². The topological polar surface area (TPSA) is 84.6 Å². The molecule has 2 unspecified atom stereocenters. The molecule has 29 heavy (non-hydrogen) atoms. The van der Waals surface area contributed by atoms with E-state index in [0.717, 1.165) is 29.0 Å². The number of amides is 1. The zero-order valence-corrected chi connectivity index (χ0v) is 18.7. The third kappa shape index (κ3) is 6.84. The first-order chi connectivity index (χ1) is 13.8. The molecular weight excluding hydrogens is 384 g/mol. The number of benzene rings is 1. The second kappa shape index (κ2) is 10.8. The van der Waals surface area contributed by atoms with Gasteiger partial charge in [-0.25, -0.2) is 0 Å². The molecule has 5 nitrogen and oxygen atoms in total. The zero-order chi connectivity index (χ0) is 21.4. The van der Waals surface area contributed by atoms with Gasteiger partial charge in [-0.05, 0) is 55.3 Å². The first kappa shape index (κ1) is 23.4. The van der Waals surface area contributed by atoms with Crippen molar-refractivity contribution in [3.05, 3.63) is 52.2 Å². The highest BCUT2D eigenvalue weighted by Gasteiger charge is 2.32. The number of carbonyl (C=O) groups excluding carboxylic acids is 1. The fourth-order valence-electron chi connectivity index (χ4n) is 3.32. The minimum absolute atomic E-state index is 0.184. The summed E-state index contributed by atoms with van der Waals surface area (Å²) in [6, 6.07) is 10.8. The highest BCUT2D eigenvalue weighted by molar-refractivity contribution is 7.10. The molecule has 0 fully saturated rings. The Balaban J connectivity index is 2.11. The summed E-state index contributed by atoms with van der Waals surface area (Å²) in [7, 11) is 0. The fourth-order valence-corrected chi connectivity index (χ4v) is 4.16. The minimum Gasteiger partial charge on any atom is -0.493 e. The van der Waals surface area contributed by atoms with Gasteiger partial charge in [0, 0.05) is 11.4 Å². The Kier molecular flexibility index (Phi) is 8.68. The SMILES string of the molecule is CCCC(C)COc1ccc(C(NC(=O)[C@@H](CN)c2cccs2)C(C)(C)O)cc1. The first-order valence-electron chi connectivity index (χ1n) is 10.2. The third-order valence-electron chi connectivity index (χ3n) is 4.96. The molecular formula is C23H34N2O3S. The smallest absolute Gasteiger partial charge is 0.230 e. The number of hydrogen-bond donors (Lipinski definition) is 3. The summed E-state index contributed by atoms with van der Waals surface area (Å²) < 4.78 is 5.86. The van der Waals surface area contributed by atoms with Gasteiger partial charge in [-0.1, -0.05) is 38.5 Å². The van der Waals surface area contributed by atoms with Crippen molar-refractivity contribution in [1.29, 1.82) is 0 Å². The van der Waals surface area contributed by atoms with Crippen molar-refractivity contribution in [1.82, 2.24) is 5.32 Å². The monoisotopic (exact) mass is 418 g/mol. The summed E-state index contributed by atoms with van der Waals surface area (Å²) in [5.74, 6) is 0.683. The van der Waals surface area contributed by atoms with Crippen molar-refractivity contribution in [3.63, 3.8) is 0 Å². The van der Waals surface area contributed by atoms with Crippen molar-refractivity contribution < 1.29 is 14.6 Å². The van der Waals surface area contributed by atoms with E-state index < -0.39 is 17.6 Å². The molecule has 0 radical (unpaired) electrons. The predicted molar refractivity (Wildman–Crippen MR) is 119 cm³/mol. The van der Waals surface area contributed by atoms with E-state index in [1.54, 1.807) is 13.8 Å². The van der Waals surface area contributed by atoms with Crippen molar-refractivity contribution in [2.45, 2.75) is 58.1 Å². The van der Waals surface area contributed by atoms with Crippen LogP contribution in [0.2, 0.25) is 0 Å². The van der Waals surface area contributed by atoms with Gasteiger partial charge in [-0.3, -0.25) is 4.79 Å². The van der Waals surface area contributed by atoms with E-state index in [1.807, 2.05) is 41.8 Å². The molecule has 2 rings (SSSR count). The molecule has 160 valence electrons. The minimum atomic E-state index is -1.14. The maximum absolute atomic E-state index is 12.9. The molecule has 0 bridgehead atoms. The van der Waals surface area contributed by atoms with E-state index >= 15 is 0 Å². The van der Waals surface area contributed by atoms with Crippen LogP contribution in [0.3, 0.4) is 0 Å². The molecule has 1 aromatic heterocycles. The van der Waals surface area contributed by atoms with Crippen LogP contribution in [0.5, 0.6) is 5.75 Å². The predicted octanol–water partition coefficient (Wildman–Crippen LogP) is 4.23.